The molecule has 0 aliphatic rings. The van der Waals surface area contributed by atoms with Crippen LogP contribution in [0.1, 0.15) is 11.1 Å². The fourth-order valence-corrected chi connectivity index (χ4v) is 1.85. The van der Waals surface area contributed by atoms with Crippen LogP contribution in [0.15, 0.2) is 35.2 Å². The van der Waals surface area contributed by atoms with E-state index in [1.807, 2.05) is 6.07 Å². The molecular weight excluding hydrogens is 266 g/mol. The Morgan fingerprint density at radius 1 is 1.19 bits per heavy atom. The molecule has 0 amide bonds. The highest BCUT2D eigenvalue weighted by atomic mass is 79.9. The van der Waals surface area contributed by atoms with Crippen LogP contribution in [0.4, 0.5) is 11.5 Å². The summed E-state index contributed by atoms with van der Waals surface area (Å²) in [5.41, 5.74) is 3.50. The van der Waals surface area contributed by atoms with E-state index < -0.39 is 0 Å². The lowest BCUT2D eigenvalue weighted by Crippen LogP contribution is -1.99. The largest absolute Gasteiger partial charge is 0.339 e. The number of rotatable bonds is 2. The maximum atomic E-state index is 4.19. The van der Waals surface area contributed by atoms with Crippen LogP contribution in [-0.2, 0) is 0 Å². The molecule has 0 aliphatic carbocycles. The van der Waals surface area contributed by atoms with Gasteiger partial charge in [0.15, 0.2) is 0 Å². The van der Waals surface area contributed by atoms with Crippen molar-refractivity contribution < 1.29 is 0 Å². The Morgan fingerprint density at radius 2 is 1.88 bits per heavy atom. The average Bonchev–Trinajstić information content (AvgIpc) is 2.26. The smallest absolute Gasteiger partial charge is 0.148 e. The van der Waals surface area contributed by atoms with Crippen LogP contribution in [-0.4, -0.2) is 9.97 Å². The van der Waals surface area contributed by atoms with E-state index in [1.54, 1.807) is 6.20 Å². The van der Waals surface area contributed by atoms with Gasteiger partial charge in [-0.2, -0.15) is 0 Å². The van der Waals surface area contributed by atoms with Gasteiger partial charge in [0.1, 0.15) is 12.1 Å². The second kappa shape index (κ2) is 4.61. The quantitative estimate of drug-likeness (QED) is 0.912. The van der Waals surface area contributed by atoms with Gasteiger partial charge in [-0.15, -0.1) is 0 Å². The van der Waals surface area contributed by atoms with Gasteiger partial charge in [-0.25, -0.2) is 9.97 Å². The van der Waals surface area contributed by atoms with E-state index in [4.69, 9.17) is 0 Å². The molecule has 0 atom stereocenters. The molecule has 2 aromatic rings. The van der Waals surface area contributed by atoms with Crippen molar-refractivity contribution in [3.8, 4) is 0 Å². The molecule has 4 heteroatoms. The van der Waals surface area contributed by atoms with Crippen LogP contribution in [0.2, 0.25) is 0 Å². The van der Waals surface area contributed by atoms with Crippen molar-refractivity contribution >= 4 is 27.4 Å². The predicted octanol–water partition coefficient (Wildman–Crippen LogP) is 3.60. The first-order chi connectivity index (χ1) is 7.68. The highest BCUT2D eigenvalue weighted by molar-refractivity contribution is 9.10. The first-order valence-corrected chi connectivity index (χ1v) is 5.76. The third kappa shape index (κ3) is 2.22. The Balaban J connectivity index is 2.38. The molecule has 2 rings (SSSR count). The molecule has 16 heavy (non-hydrogen) atoms. The summed E-state index contributed by atoms with van der Waals surface area (Å²) in [6.07, 6.45) is 3.25. The minimum atomic E-state index is 0.785. The fraction of sp³-hybridized carbons (Fsp3) is 0.167. The molecular formula is C12H12BrN3. The summed E-state index contributed by atoms with van der Waals surface area (Å²) in [7, 11) is 0. The highest BCUT2D eigenvalue weighted by Crippen LogP contribution is 2.26. The van der Waals surface area contributed by atoms with Crippen molar-refractivity contribution in [3.05, 3.63) is 46.3 Å². The monoisotopic (exact) mass is 277 g/mol. The van der Waals surface area contributed by atoms with Gasteiger partial charge >= 0.3 is 0 Å². The fourth-order valence-electron chi connectivity index (χ4n) is 1.53. The summed E-state index contributed by atoms with van der Waals surface area (Å²) in [6, 6.07) is 6.19. The summed E-state index contributed by atoms with van der Waals surface area (Å²) in [5.74, 6) is 0.785. The van der Waals surface area contributed by atoms with Crippen LogP contribution < -0.4 is 5.32 Å². The lowest BCUT2D eigenvalue weighted by atomic mass is 10.1. The molecule has 1 N–H and O–H groups in total. The van der Waals surface area contributed by atoms with Gasteiger partial charge in [0.2, 0.25) is 0 Å². The standard InChI is InChI=1S/C12H12BrN3/c1-8-4-3-5-9(2)11(8)16-12-10(13)6-14-7-15-12/h3-7H,1-2H3,(H,14,15,16). The molecule has 0 saturated heterocycles. The normalized spacial score (nSPS) is 10.2. The summed E-state index contributed by atoms with van der Waals surface area (Å²) < 4.78 is 0.859. The third-order valence-electron chi connectivity index (χ3n) is 2.39. The highest BCUT2D eigenvalue weighted by Gasteiger charge is 2.05. The van der Waals surface area contributed by atoms with Crippen LogP contribution in [0.25, 0.3) is 0 Å². The minimum absolute atomic E-state index is 0.785. The summed E-state index contributed by atoms with van der Waals surface area (Å²) in [6.45, 7) is 4.15. The van der Waals surface area contributed by atoms with Gasteiger partial charge in [0.05, 0.1) is 4.47 Å². The zero-order valence-electron chi connectivity index (χ0n) is 9.16. The molecule has 0 radical (unpaired) electrons. The number of para-hydroxylation sites is 1. The number of halogens is 1. The van der Waals surface area contributed by atoms with Crippen molar-refractivity contribution in [1.82, 2.24) is 9.97 Å². The second-order valence-corrected chi connectivity index (χ2v) is 4.47. The molecule has 0 aliphatic heterocycles. The molecule has 0 saturated carbocycles. The predicted molar refractivity (Wildman–Crippen MR) is 68.9 cm³/mol. The van der Waals surface area contributed by atoms with Crippen molar-refractivity contribution in [1.29, 1.82) is 0 Å². The number of nitrogens with zero attached hydrogens (tertiary/aromatic N) is 2. The average molecular weight is 278 g/mol. The SMILES string of the molecule is Cc1cccc(C)c1Nc1ncncc1Br. The lowest BCUT2D eigenvalue weighted by Gasteiger charge is -2.12. The van der Waals surface area contributed by atoms with Crippen LogP contribution in [0, 0.1) is 13.8 Å². The Bertz CT molecular complexity index is 491. The van der Waals surface area contributed by atoms with Crippen molar-refractivity contribution in [2.45, 2.75) is 13.8 Å². The maximum absolute atomic E-state index is 4.19. The Hall–Kier alpha value is -1.42. The van der Waals surface area contributed by atoms with E-state index in [0.29, 0.717) is 0 Å². The molecule has 0 spiro atoms. The van der Waals surface area contributed by atoms with E-state index in [1.165, 1.54) is 17.5 Å². The van der Waals surface area contributed by atoms with E-state index >= 15 is 0 Å². The van der Waals surface area contributed by atoms with Crippen LogP contribution in [0.5, 0.6) is 0 Å². The van der Waals surface area contributed by atoms with E-state index in [9.17, 15) is 0 Å². The van der Waals surface area contributed by atoms with Crippen molar-refractivity contribution in [2.24, 2.45) is 0 Å². The van der Waals surface area contributed by atoms with Gasteiger partial charge in [-0.05, 0) is 40.9 Å². The lowest BCUT2D eigenvalue weighted by molar-refractivity contribution is 1.15. The number of nitrogens with one attached hydrogen (secondary N) is 1. The van der Waals surface area contributed by atoms with E-state index in [0.717, 1.165) is 16.0 Å². The second-order valence-electron chi connectivity index (χ2n) is 3.61. The molecule has 1 heterocycles. The van der Waals surface area contributed by atoms with Gasteiger partial charge < -0.3 is 5.32 Å². The van der Waals surface area contributed by atoms with Gasteiger partial charge in [-0.3, -0.25) is 0 Å². The number of hydrogen-bond donors (Lipinski definition) is 1. The van der Waals surface area contributed by atoms with Gasteiger partial charge in [-0.1, -0.05) is 18.2 Å². The molecule has 0 fully saturated rings. The maximum Gasteiger partial charge on any atom is 0.148 e. The molecule has 1 aromatic carbocycles. The molecule has 0 unspecified atom stereocenters. The molecule has 0 bridgehead atoms. The minimum Gasteiger partial charge on any atom is -0.339 e. The van der Waals surface area contributed by atoms with Gasteiger partial charge in [0.25, 0.3) is 0 Å². The Labute approximate surface area is 103 Å². The Morgan fingerprint density at radius 3 is 2.50 bits per heavy atom. The summed E-state index contributed by atoms with van der Waals surface area (Å²) in [5, 5.41) is 3.31. The molecule has 3 nitrogen and oxygen atoms in total. The summed E-state index contributed by atoms with van der Waals surface area (Å²) in [4.78, 5) is 8.12. The zero-order valence-corrected chi connectivity index (χ0v) is 10.7. The third-order valence-corrected chi connectivity index (χ3v) is 2.97. The van der Waals surface area contributed by atoms with Crippen molar-refractivity contribution in [3.63, 3.8) is 0 Å². The number of hydrogen-bond acceptors (Lipinski definition) is 3. The van der Waals surface area contributed by atoms with Crippen molar-refractivity contribution in [2.75, 3.05) is 5.32 Å². The Kier molecular flexibility index (Phi) is 3.19. The van der Waals surface area contributed by atoms with Gasteiger partial charge in [0, 0.05) is 11.9 Å². The molecule has 1 aromatic heterocycles. The summed E-state index contributed by atoms with van der Waals surface area (Å²) >= 11 is 3.42. The topological polar surface area (TPSA) is 37.8 Å². The number of anilines is 2. The number of aryl methyl sites for hydroxylation is 2. The van der Waals surface area contributed by atoms with Crippen LogP contribution in [0.3, 0.4) is 0 Å². The first kappa shape index (κ1) is 11.1. The first-order valence-electron chi connectivity index (χ1n) is 4.97. The van der Waals surface area contributed by atoms with E-state index in [2.05, 4.69) is 57.2 Å². The molecule has 82 valence electrons. The number of aromatic nitrogens is 2. The van der Waals surface area contributed by atoms with Crippen LogP contribution >= 0.6 is 15.9 Å². The van der Waals surface area contributed by atoms with E-state index in [-0.39, 0.29) is 0 Å². The zero-order chi connectivity index (χ0) is 11.5. The number of benzene rings is 1.